The zero-order chi connectivity index (χ0) is 57.5. The third-order valence-electron chi connectivity index (χ3n) is 21.0. The van der Waals surface area contributed by atoms with E-state index in [2.05, 4.69) is 180 Å². The number of carbonyl (C=O) groups is 1. The lowest BCUT2D eigenvalue weighted by Crippen LogP contribution is -2.43. The molecule has 0 aromatic carbocycles. The molecule has 0 aromatic rings. The first-order chi connectivity index (χ1) is 34.9. The van der Waals surface area contributed by atoms with Crippen molar-refractivity contribution in [1.82, 2.24) is 0 Å². The molecule has 5 nitrogen and oxygen atoms in total. The highest BCUT2D eigenvalue weighted by Gasteiger charge is 2.41. The Hall–Kier alpha value is -0.490. The highest BCUT2D eigenvalue weighted by molar-refractivity contribution is 5.79. The predicted molar refractivity (Wildman–Crippen MR) is 328 cm³/mol. The summed E-state index contributed by atoms with van der Waals surface area (Å²) in [6.45, 7) is 67.4. The van der Waals surface area contributed by atoms with Crippen molar-refractivity contribution >= 4 is 5.78 Å². The van der Waals surface area contributed by atoms with Gasteiger partial charge in [-0.15, -0.1) is 0 Å². The second kappa shape index (κ2) is 36.8. The van der Waals surface area contributed by atoms with Crippen molar-refractivity contribution in [3.8, 4) is 0 Å². The fraction of sp³-hybridized carbons (Fsp3) is 0.986. The molecular weight excluding hydrogens is 921 g/mol. The molecule has 0 aromatic heterocycles. The SMILES string of the molecule is CC(C)C1CCC(=O)CC1C(C)C.CC(C)C1CCCCC1C(C)C.CC(C)C1CCOC(C)C1C(C)C.CC(C)C1CCOCC1C(C)C.CC(C)C1CCOCC1C(C)C.CC(C)C1COCCC1(C)C(C)C. The summed E-state index contributed by atoms with van der Waals surface area (Å²) < 4.78 is 22.4. The van der Waals surface area contributed by atoms with E-state index in [9.17, 15) is 4.79 Å². The number of Topliss-reactive ketones (excluding diaryl/α,β-unsaturated/α-hetero) is 1. The number of ketones is 1. The Labute approximate surface area is 472 Å². The number of carbonyl (C=O) groups excluding carboxylic acids is 1. The standard InChI is InChI=1S/2C12H24O.C12H22O.C12H24.2C11H22O/c1-9(2)11-8-13-7-6-12(11,5)10(3)4;1-8(2)11-6-7-13-10(5)12(11)9(3)4;1-8(2)11-6-5-10(13)7-12(11)9(3)4;1-9(2)11-7-5-6-8-12(11)10(3)4;2*1-8(2)10-5-6-12-7-11(10)9(3)4/h9-11H,6-8H2,1-5H3;8-12H,6-7H2,1-5H3;8-9,11-12H,5-7H2,1-4H3;9-12H,5-8H2,1-4H3;2*8-11H,5-7H2,1-4H3. The van der Waals surface area contributed by atoms with Crippen LogP contribution in [0.2, 0.25) is 0 Å². The van der Waals surface area contributed by atoms with Gasteiger partial charge in [-0.1, -0.05) is 186 Å². The summed E-state index contributed by atoms with van der Waals surface area (Å²) in [5.41, 5.74) is 0.492. The van der Waals surface area contributed by atoms with Crippen molar-refractivity contribution in [1.29, 1.82) is 0 Å². The molecule has 13 atom stereocenters. The maximum Gasteiger partial charge on any atom is 0.133 e. The minimum absolute atomic E-state index is 0.459. The first-order valence-electron chi connectivity index (χ1n) is 32.8. The summed E-state index contributed by atoms with van der Waals surface area (Å²) in [5.74, 6) is 19.1. The molecule has 6 fully saturated rings. The zero-order valence-electron chi connectivity index (χ0n) is 55.6. The monoisotopic (exact) mass is 1060 g/mol. The normalized spacial score (nSPS) is 32.7. The largest absolute Gasteiger partial charge is 0.381 e. The van der Waals surface area contributed by atoms with Gasteiger partial charge in [0.25, 0.3) is 0 Å². The summed E-state index contributed by atoms with van der Waals surface area (Å²) in [5, 5.41) is 0. The van der Waals surface area contributed by atoms with Crippen LogP contribution in [-0.2, 0) is 23.7 Å². The van der Waals surface area contributed by atoms with E-state index in [0.717, 1.165) is 190 Å². The van der Waals surface area contributed by atoms with Crippen LogP contribution in [0.25, 0.3) is 0 Å². The Morgan fingerprint density at radius 3 is 1.07 bits per heavy atom. The van der Waals surface area contributed by atoms with Gasteiger partial charge in [0.05, 0.1) is 12.7 Å². The average Bonchev–Trinajstić information content (AvgIpc) is 3.34. The lowest BCUT2D eigenvalue weighted by Gasteiger charge is -2.46. The van der Waals surface area contributed by atoms with Gasteiger partial charge in [0.1, 0.15) is 5.78 Å². The predicted octanol–water partition coefficient (Wildman–Crippen LogP) is 20.0. The van der Waals surface area contributed by atoms with Crippen LogP contribution < -0.4 is 0 Å². The van der Waals surface area contributed by atoms with E-state index in [4.69, 9.17) is 18.9 Å². The lowest BCUT2D eigenvalue weighted by atomic mass is 9.63. The van der Waals surface area contributed by atoms with Crippen molar-refractivity contribution in [2.75, 3.05) is 46.2 Å². The van der Waals surface area contributed by atoms with Crippen LogP contribution >= 0.6 is 0 Å². The molecule has 4 saturated heterocycles. The van der Waals surface area contributed by atoms with Crippen molar-refractivity contribution in [3.05, 3.63) is 0 Å². The second-order valence-corrected chi connectivity index (χ2v) is 30.0. The summed E-state index contributed by atoms with van der Waals surface area (Å²) >= 11 is 0. The maximum absolute atomic E-state index is 11.3. The molecule has 6 rings (SSSR count). The summed E-state index contributed by atoms with van der Waals surface area (Å²) in [6.07, 6.45) is 14.2. The van der Waals surface area contributed by atoms with E-state index in [0.29, 0.717) is 29.1 Å². The Kier molecular flexibility index (Phi) is 35.6. The fourth-order valence-corrected chi connectivity index (χ4v) is 15.4. The minimum Gasteiger partial charge on any atom is -0.381 e. The van der Waals surface area contributed by atoms with E-state index in [1.54, 1.807) is 0 Å². The Morgan fingerprint density at radius 2 is 0.747 bits per heavy atom. The third-order valence-corrected chi connectivity index (χ3v) is 21.0. The Bertz CT molecular complexity index is 1290. The van der Waals surface area contributed by atoms with Gasteiger partial charge in [-0.05, 0) is 193 Å². The third kappa shape index (κ3) is 24.6. The molecule has 6 aliphatic rings. The van der Waals surface area contributed by atoms with Gasteiger partial charge in [0.2, 0.25) is 0 Å². The second-order valence-electron chi connectivity index (χ2n) is 30.0. The molecule has 2 aliphatic carbocycles. The van der Waals surface area contributed by atoms with E-state index in [1.165, 1.54) is 51.4 Å². The first kappa shape index (κ1) is 72.5. The highest BCUT2D eigenvalue weighted by atomic mass is 16.5. The molecule has 4 heterocycles. The molecule has 2 saturated carbocycles. The van der Waals surface area contributed by atoms with Crippen LogP contribution in [0.1, 0.15) is 251 Å². The van der Waals surface area contributed by atoms with Gasteiger partial charge >= 0.3 is 0 Å². The van der Waals surface area contributed by atoms with Crippen LogP contribution in [0, 0.1) is 142 Å². The average molecular weight is 1060 g/mol. The number of rotatable bonds is 12. The molecule has 0 radical (unpaired) electrons. The van der Waals surface area contributed by atoms with E-state index >= 15 is 0 Å². The van der Waals surface area contributed by atoms with Gasteiger partial charge in [0, 0.05) is 52.5 Å². The molecular formula is C70H138O5. The number of hydrogen-bond donors (Lipinski definition) is 0. The van der Waals surface area contributed by atoms with Gasteiger partial charge in [0.15, 0.2) is 0 Å². The van der Waals surface area contributed by atoms with Gasteiger partial charge in [-0.3, -0.25) is 4.79 Å². The Balaban J connectivity index is 0.000000450. The van der Waals surface area contributed by atoms with E-state index in [1.807, 2.05) is 0 Å². The lowest BCUT2D eigenvalue weighted by molar-refractivity contribution is -0.123. The van der Waals surface area contributed by atoms with Gasteiger partial charge < -0.3 is 18.9 Å². The smallest absolute Gasteiger partial charge is 0.133 e. The summed E-state index contributed by atoms with van der Waals surface area (Å²) in [6, 6.07) is 0. The molecule has 4 aliphatic heterocycles. The molecule has 0 spiro atoms. The topological polar surface area (TPSA) is 54.0 Å². The maximum atomic E-state index is 11.3. The number of hydrogen-bond acceptors (Lipinski definition) is 5. The van der Waals surface area contributed by atoms with Crippen LogP contribution in [0.15, 0.2) is 0 Å². The quantitative estimate of drug-likeness (QED) is 0.195. The van der Waals surface area contributed by atoms with Crippen molar-refractivity contribution < 1.29 is 23.7 Å². The van der Waals surface area contributed by atoms with Gasteiger partial charge in [-0.2, -0.15) is 0 Å². The summed E-state index contributed by atoms with van der Waals surface area (Å²) in [7, 11) is 0. The zero-order valence-corrected chi connectivity index (χ0v) is 55.6. The molecule has 5 heteroatoms. The minimum atomic E-state index is 0.459. The summed E-state index contributed by atoms with van der Waals surface area (Å²) in [4.78, 5) is 11.3. The molecule has 75 heavy (non-hydrogen) atoms. The van der Waals surface area contributed by atoms with Crippen LogP contribution in [-0.4, -0.2) is 58.1 Å². The van der Waals surface area contributed by atoms with E-state index in [-0.39, 0.29) is 0 Å². The molecule has 0 bridgehead atoms. The van der Waals surface area contributed by atoms with Gasteiger partial charge in [-0.25, -0.2) is 0 Å². The fourth-order valence-electron chi connectivity index (χ4n) is 15.4. The van der Waals surface area contributed by atoms with Crippen molar-refractivity contribution in [3.63, 3.8) is 0 Å². The number of ether oxygens (including phenoxy) is 4. The van der Waals surface area contributed by atoms with Crippen LogP contribution in [0.5, 0.6) is 0 Å². The first-order valence-corrected chi connectivity index (χ1v) is 32.8. The Morgan fingerprint density at radius 1 is 0.387 bits per heavy atom. The van der Waals surface area contributed by atoms with Crippen molar-refractivity contribution in [2.45, 2.75) is 257 Å². The molecule has 13 unspecified atom stereocenters. The highest BCUT2D eigenvalue weighted by Crippen LogP contribution is 2.46. The van der Waals surface area contributed by atoms with Crippen LogP contribution in [0.4, 0.5) is 0 Å². The van der Waals surface area contributed by atoms with E-state index < -0.39 is 0 Å². The molecule has 448 valence electrons. The van der Waals surface area contributed by atoms with Crippen molar-refractivity contribution in [2.24, 2.45) is 142 Å². The molecule has 0 N–H and O–H groups in total. The molecule has 0 amide bonds. The van der Waals surface area contributed by atoms with Crippen LogP contribution in [0.3, 0.4) is 0 Å².